The molecule has 1 amide bonds. The van der Waals surface area contributed by atoms with Crippen LogP contribution in [0.5, 0.6) is 11.5 Å². The largest absolute Gasteiger partial charge is 0.454 e. The maximum atomic E-state index is 13.3. The quantitative estimate of drug-likeness (QED) is 0.303. The van der Waals surface area contributed by atoms with Crippen molar-refractivity contribution in [2.24, 2.45) is 5.10 Å². The van der Waals surface area contributed by atoms with E-state index < -0.39 is 22.5 Å². The molecule has 35 heavy (non-hydrogen) atoms. The van der Waals surface area contributed by atoms with Crippen molar-refractivity contribution in [3.05, 3.63) is 87.4 Å². The number of hydrazone groups is 1. The van der Waals surface area contributed by atoms with Crippen LogP contribution in [0.3, 0.4) is 0 Å². The van der Waals surface area contributed by atoms with Crippen LogP contribution in [0.15, 0.2) is 81.2 Å². The number of hydrogen-bond acceptors (Lipinski definition) is 6. The average Bonchev–Trinajstić information content (AvgIpc) is 3.29. The van der Waals surface area contributed by atoms with Crippen LogP contribution in [0, 0.1) is 0 Å². The van der Waals surface area contributed by atoms with E-state index in [0.717, 1.165) is 9.87 Å². The number of hydrogen-bond donors (Lipinski definition) is 1. The molecule has 0 aliphatic carbocycles. The number of benzene rings is 3. The summed E-state index contributed by atoms with van der Waals surface area (Å²) in [5, 5.41) is 4.39. The Labute approximate surface area is 216 Å². The molecular weight excluding hydrogens is 558 g/mol. The molecule has 0 fully saturated rings. The van der Waals surface area contributed by atoms with Crippen molar-refractivity contribution in [2.75, 3.05) is 19.9 Å². The first kappa shape index (κ1) is 25.2. The Bertz CT molecular complexity index is 1340. The van der Waals surface area contributed by atoms with Crippen molar-refractivity contribution >= 4 is 49.7 Å². The van der Waals surface area contributed by atoms with Gasteiger partial charge in [-0.05, 0) is 64.3 Å². The third kappa shape index (κ3) is 6.40. The zero-order valence-electron chi connectivity index (χ0n) is 18.4. The molecule has 0 bridgehead atoms. The van der Waals surface area contributed by atoms with E-state index in [1.54, 1.807) is 12.1 Å². The van der Waals surface area contributed by atoms with E-state index >= 15 is 0 Å². The van der Waals surface area contributed by atoms with Crippen LogP contribution in [0.25, 0.3) is 0 Å². The summed E-state index contributed by atoms with van der Waals surface area (Å²) in [5.74, 6) is 0.602. The van der Waals surface area contributed by atoms with Gasteiger partial charge < -0.3 is 9.47 Å². The summed E-state index contributed by atoms with van der Waals surface area (Å²) in [5.41, 5.74) is 4.01. The Balaban J connectivity index is 1.47. The number of ether oxygens (including phenoxy) is 2. The first-order valence-electron chi connectivity index (χ1n) is 10.5. The summed E-state index contributed by atoms with van der Waals surface area (Å²) in [6, 6.07) is 18.7. The minimum absolute atomic E-state index is 0.0514. The zero-order chi connectivity index (χ0) is 24.8. The second-order valence-electron chi connectivity index (χ2n) is 7.55. The van der Waals surface area contributed by atoms with Gasteiger partial charge in [0.15, 0.2) is 11.5 Å². The number of sulfonamides is 1. The molecule has 0 unspecified atom stereocenters. The van der Waals surface area contributed by atoms with Gasteiger partial charge in [0.05, 0.1) is 17.7 Å². The lowest BCUT2D eigenvalue weighted by atomic mass is 10.1. The number of nitrogens with one attached hydrogen (secondary N) is 1. The van der Waals surface area contributed by atoms with Crippen molar-refractivity contribution in [3.8, 4) is 11.5 Å². The summed E-state index contributed by atoms with van der Waals surface area (Å²) in [4.78, 5) is 12.7. The molecule has 1 N–H and O–H groups in total. The highest BCUT2D eigenvalue weighted by molar-refractivity contribution is 9.10. The molecule has 182 valence electrons. The SMILES string of the molecule is O=C(CN(CCc1ccccc1)S(=O)(=O)c1ccc(Cl)cc1)NN=Cc1cc2c(cc1Br)OCO2. The van der Waals surface area contributed by atoms with E-state index in [4.69, 9.17) is 21.1 Å². The highest BCUT2D eigenvalue weighted by atomic mass is 79.9. The topological polar surface area (TPSA) is 97.3 Å². The van der Waals surface area contributed by atoms with E-state index in [-0.39, 0.29) is 18.2 Å². The maximum absolute atomic E-state index is 13.3. The van der Waals surface area contributed by atoms with Crippen molar-refractivity contribution in [3.63, 3.8) is 0 Å². The number of carbonyl (C=O) groups excluding carboxylic acids is 1. The molecule has 0 atom stereocenters. The summed E-state index contributed by atoms with van der Waals surface area (Å²) >= 11 is 9.33. The molecule has 0 aromatic heterocycles. The lowest BCUT2D eigenvalue weighted by molar-refractivity contribution is -0.121. The van der Waals surface area contributed by atoms with Crippen LogP contribution < -0.4 is 14.9 Å². The van der Waals surface area contributed by atoms with Gasteiger partial charge >= 0.3 is 0 Å². The molecule has 1 heterocycles. The Morgan fingerprint density at radius 2 is 1.77 bits per heavy atom. The van der Waals surface area contributed by atoms with Crippen LogP contribution in [0.1, 0.15) is 11.1 Å². The monoisotopic (exact) mass is 577 g/mol. The predicted octanol–water partition coefficient (Wildman–Crippen LogP) is 4.21. The summed E-state index contributed by atoms with van der Waals surface area (Å²) in [7, 11) is -3.95. The van der Waals surface area contributed by atoms with E-state index in [9.17, 15) is 13.2 Å². The van der Waals surface area contributed by atoms with Gasteiger partial charge in [0.2, 0.25) is 16.8 Å². The summed E-state index contributed by atoms with van der Waals surface area (Å²) in [6.45, 7) is -0.155. The Kier molecular flexibility index (Phi) is 8.07. The maximum Gasteiger partial charge on any atom is 0.255 e. The first-order chi connectivity index (χ1) is 16.8. The number of rotatable bonds is 9. The second kappa shape index (κ2) is 11.2. The Morgan fingerprint density at radius 1 is 1.09 bits per heavy atom. The van der Waals surface area contributed by atoms with E-state index in [0.29, 0.717) is 33.0 Å². The Morgan fingerprint density at radius 3 is 2.49 bits per heavy atom. The third-order valence-corrected chi connectivity index (χ3v) is 7.95. The van der Waals surface area contributed by atoms with Crippen molar-refractivity contribution in [1.29, 1.82) is 0 Å². The fourth-order valence-corrected chi connectivity index (χ4v) is 5.29. The summed E-state index contributed by atoms with van der Waals surface area (Å²) < 4.78 is 39.1. The molecule has 0 saturated heterocycles. The van der Waals surface area contributed by atoms with Gasteiger partial charge in [0.1, 0.15) is 0 Å². The molecule has 3 aromatic rings. The van der Waals surface area contributed by atoms with Gasteiger partial charge in [-0.2, -0.15) is 9.41 Å². The summed E-state index contributed by atoms with van der Waals surface area (Å²) in [6.07, 6.45) is 1.88. The smallest absolute Gasteiger partial charge is 0.255 e. The average molecular weight is 579 g/mol. The number of carbonyl (C=O) groups is 1. The number of fused-ring (bicyclic) bond motifs is 1. The lowest BCUT2D eigenvalue weighted by Crippen LogP contribution is -2.40. The molecule has 8 nitrogen and oxygen atoms in total. The number of nitrogens with zero attached hydrogens (tertiary/aromatic N) is 2. The van der Waals surface area contributed by atoms with E-state index in [1.165, 1.54) is 30.5 Å². The standard InChI is InChI=1S/C24H21BrClN3O5S/c25-21-13-23-22(33-16-34-23)12-18(21)14-27-28-24(30)15-29(11-10-17-4-2-1-3-5-17)35(31,32)20-8-6-19(26)7-9-20/h1-9,12-14H,10-11,15-16H2,(H,28,30). The molecule has 0 radical (unpaired) electrons. The van der Waals surface area contributed by atoms with Crippen molar-refractivity contribution in [1.82, 2.24) is 9.73 Å². The highest BCUT2D eigenvalue weighted by Crippen LogP contribution is 2.36. The first-order valence-corrected chi connectivity index (χ1v) is 13.1. The van der Waals surface area contributed by atoms with Crippen LogP contribution in [0.4, 0.5) is 0 Å². The zero-order valence-corrected chi connectivity index (χ0v) is 21.5. The van der Waals surface area contributed by atoms with Crippen LogP contribution in [0.2, 0.25) is 5.02 Å². The number of amides is 1. The van der Waals surface area contributed by atoms with Crippen LogP contribution in [-0.2, 0) is 21.2 Å². The minimum Gasteiger partial charge on any atom is -0.454 e. The lowest BCUT2D eigenvalue weighted by Gasteiger charge is -2.21. The van der Waals surface area contributed by atoms with Crippen molar-refractivity contribution < 1.29 is 22.7 Å². The number of halogens is 2. The normalized spacial score (nSPS) is 12.9. The van der Waals surface area contributed by atoms with Crippen molar-refractivity contribution in [2.45, 2.75) is 11.3 Å². The van der Waals surface area contributed by atoms with Gasteiger partial charge in [-0.3, -0.25) is 4.79 Å². The molecule has 1 aliphatic rings. The molecule has 4 rings (SSSR count). The Hall–Kier alpha value is -2.92. The predicted molar refractivity (Wildman–Crippen MR) is 136 cm³/mol. The molecule has 11 heteroatoms. The second-order valence-corrected chi connectivity index (χ2v) is 10.8. The van der Waals surface area contributed by atoms with E-state index in [1.807, 2.05) is 30.3 Å². The van der Waals surface area contributed by atoms with E-state index in [2.05, 4.69) is 26.5 Å². The fraction of sp³-hybridized carbons (Fsp3) is 0.167. The molecular formula is C24H21BrClN3O5S. The molecule has 0 spiro atoms. The van der Waals surface area contributed by atoms with Crippen LogP contribution >= 0.6 is 27.5 Å². The molecule has 0 saturated carbocycles. The molecule has 3 aromatic carbocycles. The minimum atomic E-state index is -3.95. The van der Waals surface area contributed by atoms with Gasteiger partial charge in [-0.15, -0.1) is 0 Å². The molecule has 1 aliphatic heterocycles. The third-order valence-electron chi connectivity index (χ3n) is 5.15. The van der Waals surface area contributed by atoms with Crippen LogP contribution in [-0.4, -0.2) is 44.7 Å². The highest BCUT2D eigenvalue weighted by Gasteiger charge is 2.26. The van der Waals surface area contributed by atoms with Gasteiger partial charge in [0.25, 0.3) is 5.91 Å². The van der Waals surface area contributed by atoms with Gasteiger partial charge in [-0.1, -0.05) is 41.9 Å². The van der Waals surface area contributed by atoms with Gasteiger partial charge in [-0.25, -0.2) is 13.8 Å². The van der Waals surface area contributed by atoms with Gasteiger partial charge in [0, 0.05) is 21.6 Å². The fourth-order valence-electron chi connectivity index (χ4n) is 3.34.